The van der Waals surface area contributed by atoms with Crippen LogP contribution in [0.2, 0.25) is 0 Å². The molecule has 0 spiro atoms. The van der Waals surface area contributed by atoms with E-state index in [1.807, 2.05) is 0 Å². The molecule has 1 aromatic rings. The molecule has 2 rings (SSSR count). The van der Waals surface area contributed by atoms with Crippen molar-refractivity contribution in [3.8, 4) is 0 Å². The summed E-state index contributed by atoms with van der Waals surface area (Å²) in [6, 6.07) is 0. The Bertz CT molecular complexity index is 377. The lowest BCUT2D eigenvalue weighted by molar-refractivity contribution is 0.0907. The number of aromatic amines is 1. The number of anilines is 1. The Morgan fingerprint density at radius 2 is 2.53 bits per heavy atom. The predicted octanol–water partition coefficient (Wildman–Crippen LogP) is 0.599. The van der Waals surface area contributed by atoms with E-state index < -0.39 is 0 Å². The Balaban J connectivity index is 1.81. The van der Waals surface area contributed by atoms with Gasteiger partial charge in [0.15, 0.2) is 5.82 Å². The fourth-order valence-electron chi connectivity index (χ4n) is 2.04. The van der Waals surface area contributed by atoms with Crippen LogP contribution in [-0.2, 0) is 4.74 Å². The lowest BCUT2D eigenvalue weighted by atomic mass is 10.2. The first-order chi connectivity index (χ1) is 8.18. The van der Waals surface area contributed by atoms with Crippen LogP contribution in [0.4, 0.5) is 5.82 Å². The molecule has 0 bridgehead atoms. The highest BCUT2D eigenvalue weighted by atomic mass is 16.5. The fraction of sp³-hybridized carbons (Fsp3) is 0.636. The van der Waals surface area contributed by atoms with E-state index >= 15 is 0 Å². The van der Waals surface area contributed by atoms with Crippen LogP contribution in [0.15, 0.2) is 0 Å². The largest absolute Gasteiger partial charge is 0.382 e. The molecular weight excluding hydrogens is 220 g/mol. The van der Waals surface area contributed by atoms with Crippen LogP contribution in [0.1, 0.15) is 35.3 Å². The number of amides is 1. The summed E-state index contributed by atoms with van der Waals surface area (Å²) in [5, 5.41) is 9.31. The third-order valence-corrected chi connectivity index (χ3v) is 2.98. The van der Waals surface area contributed by atoms with Crippen molar-refractivity contribution in [3.63, 3.8) is 0 Å². The maximum atomic E-state index is 11.8. The number of H-pyrrole nitrogens is 1. The number of hydrogen-bond acceptors (Lipinski definition) is 4. The van der Waals surface area contributed by atoms with Gasteiger partial charge < -0.3 is 15.8 Å². The zero-order valence-corrected chi connectivity index (χ0v) is 9.95. The summed E-state index contributed by atoms with van der Waals surface area (Å²) >= 11 is 0. The Hall–Kier alpha value is -1.56. The summed E-state index contributed by atoms with van der Waals surface area (Å²) in [5.74, 6) is 0.0730. The summed E-state index contributed by atoms with van der Waals surface area (Å²) in [6.45, 7) is 3.22. The van der Waals surface area contributed by atoms with E-state index in [0.29, 0.717) is 17.8 Å². The molecule has 0 radical (unpaired) electrons. The average Bonchev–Trinajstić information content (AvgIpc) is 2.89. The van der Waals surface area contributed by atoms with E-state index in [0.717, 1.165) is 25.9 Å². The van der Waals surface area contributed by atoms with Crippen molar-refractivity contribution in [2.24, 2.45) is 0 Å². The van der Waals surface area contributed by atoms with Crippen LogP contribution in [0.5, 0.6) is 0 Å². The highest BCUT2D eigenvalue weighted by Crippen LogP contribution is 2.15. The van der Waals surface area contributed by atoms with E-state index in [-0.39, 0.29) is 17.8 Å². The molecule has 1 fully saturated rings. The second kappa shape index (κ2) is 5.18. The van der Waals surface area contributed by atoms with Gasteiger partial charge >= 0.3 is 0 Å². The van der Waals surface area contributed by atoms with Gasteiger partial charge in [-0.3, -0.25) is 9.89 Å². The number of hydrogen-bond donors (Lipinski definition) is 3. The lowest BCUT2D eigenvalue weighted by Crippen LogP contribution is -2.27. The molecule has 94 valence electrons. The molecule has 0 aliphatic carbocycles. The highest BCUT2D eigenvalue weighted by Gasteiger charge is 2.18. The summed E-state index contributed by atoms with van der Waals surface area (Å²) in [6.07, 6.45) is 3.34. The van der Waals surface area contributed by atoms with Crippen molar-refractivity contribution in [2.45, 2.75) is 32.3 Å². The van der Waals surface area contributed by atoms with Gasteiger partial charge in [0.25, 0.3) is 5.91 Å². The predicted molar refractivity (Wildman–Crippen MR) is 63.7 cm³/mol. The molecule has 1 amide bonds. The summed E-state index contributed by atoms with van der Waals surface area (Å²) < 4.78 is 5.48. The Kier molecular flexibility index (Phi) is 3.63. The maximum Gasteiger partial charge on any atom is 0.256 e. The molecule has 1 aliphatic heterocycles. The highest BCUT2D eigenvalue weighted by molar-refractivity contribution is 5.99. The van der Waals surface area contributed by atoms with Crippen LogP contribution in [0.3, 0.4) is 0 Å². The van der Waals surface area contributed by atoms with E-state index in [2.05, 4.69) is 15.5 Å². The third-order valence-electron chi connectivity index (χ3n) is 2.98. The van der Waals surface area contributed by atoms with Gasteiger partial charge in [0.05, 0.1) is 6.10 Å². The molecule has 0 saturated carbocycles. The van der Waals surface area contributed by atoms with Gasteiger partial charge in [-0.15, -0.1) is 0 Å². The molecule has 1 atom stereocenters. The van der Waals surface area contributed by atoms with Crippen molar-refractivity contribution in [1.29, 1.82) is 0 Å². The van der Waals surface area contributed by atoms with Crippen molar-refractivity contribution in [2.75, 3.05) is 18.9 Å². The molecule has 17 heavy (non-hydrogen) atoms. The van der Waals surface area contributed by atoms with Crippen LogP contribution in [0, 0.1) is 6.92 Å². The Morgan fingerprint density at radius 3 is 3.12 bits per heavy atom. The van der Waals surface area contributed by atoms with Gasteiger partial charge in [0, 0.05) is 18.8 Å². The van der Waals surface area contributed by atoms with E-state index in [4.69, 9.17) is 10.5 Å². The lowest BCUT2D eigenvalue weighted by Gasteiger charge is -2.09. The number of aryl methyl sites for hydroxylation is 1. The second-order valence-electron chi connectivity index (χ2n) is 4.29. The SMILES string of the molecule is Cc1[nH]nc(N)c1C(=O)NCCC1CCCO1. The monoisotopic (exact) mass is 238 g/mol. The minimum absolute atomic E-state index is 0.174. The van der Waals surface area contributed by atoms with E-state index in [1.165, 1.54) is 0 Å². The number of rotatable bonds is 4. The van der Waals surface area contributed by atoms with Crippen molar-refractivity contribution < 1.29 is 9.53 Å². The van der Waals surface area contributed by atoms with Gasteiger partial charge in [-0.1, -0.05) is 0 Å². The fourth-order valence-corrected chi connectivity index (χ4v) is 2.04. The number of carbonyl (C=O) groups excluding carboxylic acids is 1. The van der Waals surface area contributed by atoms with Crippen molar-refractivity contribution >= 4 is 11.7 Å². The van der Waals surface area contributed by atoms with Crippen molar-refractivity contribution in [3.05, 3.63) is 11.3 Å². The van der Waals surface area contributed by atoms with E-state index in [9.17, 15) is 4.79 Å². The Morgan fingerprint density at radius 1 is 1.71 bits per heavy atom. The van der Waals surface area contributed by atoms with Gasteiger partial charge in [-0.05, 0) is 26.2 Å². The van der Waals surface area contributed by atoms with Crippen LogP contribution >= 0.6 is 0 Å². The first-order valence-corrected chi connectivity index (χ1v) is 5.88. The normalized spacial score (nSPS) is 19.5. The zero-order chi connectivity index (χ0) is 12.3. The molecule has 2 heterocycles. The molecule has 6 nitrogen and oxygen atoms in total. The maximum absolute atomic E-state index is 11.8. The number of nitrogen functional groups attached to an aromatic ring is 1. The Labute approximate surface area is 99.9 Å². The number of ether oxygens (including phenoxy) is 1. The smallest absolute Gasteiger partial charge is 0.256 e. The minimum Gasteiger partial charge on any atom is -0.382 e. The van der Waals surface area contributed by atoms with Crippen LogP contribution in [0.25, 0.3) is 0 Å². The number of nitrogens with two attached hydrogens (primary N) is 1. The number of carbonyl (C=O) groups is 1. The number of aromatic nitrogens is 2. The zero-order valence-electron chi connectivity index (χ0n) is 9.95. The van der Waals surface area contributed by atoms with E-state index in [1.54, 1.807) is 6.92 Å². The summed E-state index contributed by atoms with van der Waals surface area (Å²) in [4.78, 5) is 11.8. The molecular formula is C11H18N4O2. The molecule has 1 saturated heterocycles. The minimum atomic E-state index is -0.174. The second-order valence-corrected chi connectivity index (χ2v) is 4.29. The molecule has 1 unspecified atom stereocenters. The summed E-state index contributed by atoms with van der Waals surface area (Å²) in [5.41, 5.74) is 6.74. The third kappa shape index (κ3) is 2.76. The molecule has 0 aromatic carbocycles. The van der Waals surface area contributed by atoms with Crippen LogP contribution < -0.4 is 11.1 Å². The van der Waals surface area contributed by atoms with Gasteiger partial charge in [-0.25, -0.2) is 0 Å². The van der Waals surface area contributed by atoms with Crippen LogP contribution in [-0.4, -0.2) is 35.4 Å². The quantitative estimate of drug-likeness (QED) is 0.716. The molecule has 1 aromatic heterocycles. The van der Waals surface area contributed by atoms with Gasteiger partial charge in [-0.2, -0.15) is 5.10 Å². The topological polar surface area (TPSA) is 93.0 Å². The van der Waals surface area contributed by atoms with Crippen molar-refractivity contribution in [1.82, 2.24) is 15.5 Å². The van der Waals surface area contributed by atoms with Gasteiger partial charge in [0.2, 0.25) is 0 Å². The molecule has 6 heteroatoms. The van der Waals surface area contributed by atoms with Gasteiger partial charge in [0.1, 0.15) is 5.56 Å². The number of nitrogens with zero attached hydrogens (tertiary/aromatic N) is 1. The molecule has 1 aliphatic rings. The number of nitrogens with one attached hydrogen (secondary N) is 2. The summed E-state index contributed by atoms with van der Waals surface area (Å²) in [7, 11) is 0. The first-order valence-electron chi connectivity index (χ1n) is 5.88. The standard InChI is InChI=1S/C11H18N4O2/c1-7-9(10(12)15-14-7)11(16)13-5-4-8-3-2-6-17-8/h8H,2-6H2,1H3,(H,13,16)(H3,12,14,15). The molecule has 4 N–H and O–H groups in total. The average molecular weight is 238 g/mol. The first kappa shape index (κ1) is 11.9.